The van der Waals surface area contributed by atoms with Crippen LogP contribution in [0.3, 0.4) is 0 Å². The Kier molecular flexibility index (Phi) is 13.1. The molecular formula is C50H65F3N6O5Si. The molecule has 11 nitrogen and oxygen atoms in total. The predicted molar refractivity (Wildman–Crippen MR) is 251 cm³/mol. The molecule has 2 bridgehead atoms. The topological polar surface area (TPSA) is 102 Å². The number of anilines is 1. The number of fused-ring (bicyclic) bond motifs is 5. The zero-order valence-corrected chi connectivity index (χ0v) is 40.7. The number of aromatic nitrogens is 3. The highest BCUT2D eigenvalue weighted by Gasteiger charge is 2.50. The summed E-state index contributed by atoms with van der Waals surface area (Å²) < 4.78 is 72.7. The molecule has 350 valence electrons. The average molecular weight is 915 g/mol. The van der Waals surface area contributed by atoms with E-state index in [1.807, 2.05) is 25.7 Å². The highest BCUT2D eigenvalue weighted by atomic mass is 28.3. The SMILES string of the molecule is COCOc1cc(-c2ncc3c(N4CC5CCCC(C4)N5C(=O)OC(C)(C)C)nc(OC[C@@]45CCCN4C[C@H](F)C5)nc3c2F)c2c(C#C[Si](C(C)C)(C(C)C)C(C)C)c(F)ccc2c1. The maximum absolute atomic E-state index is 17.9. The van der Waals surface area contributed by atoms with Crippen LogP contribution in [0.15, 0.2) is 30.5 Å². The van der Waals surface area contributed by atoms with E-state index in [0.717, 1.165) is 38.6 Å². The van der Waals surface area contributed by atoms with Crippen molar-refractivity contribution in [3.63, 3.8) is 0 Å². The van der Waals surface area contributed by atoms with Gasteiger partial charge in [-0.15, -0.1) is 5.54 Å². The third-order valence-electron chi connectivity index (χ3n) is 14.4. The molecule has 4 aliphatic heterocycles. The minimum absolute atomic E-state index is 0.0310. The average Bonchev–Trinajstić information content (AvgIpc) is 3.77. The molecule has 65 heavy (non-hydrogen) atoms. The number of halogens is 3. The van der Waals surface area contributed by atoms with Crippen molar-refractivity contribution in [3.05, 3.63) is 47.7 Å². The molecule has 0 aliphatic carbocycles. The molecule has 0 spiro atoms. The van der Waals surface area contributed by atoms with E-state index in [9.17, 15) is 9.18 Å². The van der Waals surface area contributed by atoms with Crippen LogP contribution in [0.5, 0.6) is 11.8 Å². The highest BCUT2D eigenvalue weighted by Crippen LogP contribution is 2.44. The minimum Gasteiger partial charge on any atom is -0.468 e. The minimum atomic E-state index is -2.33. The molecule has 0 radical (unpaired) electrons. The van der Waals surface area contributed by atoms with E-state index in [0.29, 0.717) is 70.4 Å². The normalized spacial score (nSPS) is 22.6. The van der Waals surface area contributed by atoms with Gasteiger partial charge in [0, 0.05) is 50.3 Å². The number of piperidine rings is 1. The third-order valence-corrected chi connectivity index (χ3v) is 20.7. The van der Waals surface area contributed by atoms with E-state index in [1.165, 1.54) is 13.2 Å². The van der Waals surface area contributed by atoms with E-state index in [4.69, 9.17) is 33.9 Å². The lowest BCUT2D eigenvalue weighted by Gasteiger charge is -2.50. The van der Waals surface area contributed by atoms with Crippen LogP contribution in [0.2, 0.25) is 16.6 Å². The van der Waals surface area contributed by atoms with Crippen LogP contribution in [0.25, 0.3) is 32.9 Å². The summed E-state index contributed by atoms with van der Waals surface area (Å²) in [4.78, 5) is 34.2. The molecule has 2 unspecified atom stereocenters. The molecule has 15 heteroatoms. The molecule has 0 saturated carbocycles. The number of nitrogens with zero attached hydrogens (tertiary/aromatic N) is 6. The molecule has 4 atom stereocenters. The Hall–Kier alpha value is -4.65. The van der Waals surface area contributed by atoms with Crippen LogP contribution in [0, 0.1) is 23.1 Å². The van der Waals surface area contributed by atoms with E-state index >= 15 is 8.78 Å². The molecular weight excluding hydrogens is 850 g/mol. The van der Waals surface area contributed by atoms with Gasteiger partial charge in [-0.3, -0.25) is 14.8 Å². The molecule has 4 aromatic rings. The number of hydrogen-bond acceptors (Lipinski definition) is 10. The van der Waals surface area contributed by atoms with Gasteiger partial charge in [0.15, 0.2) is 12.6 Å². The summed E-state index contributed by atoms with van der Waals surface area (Å²) in [5, 5.41) is 1.36. The zero-order chi connectivity index (χ0) is 46.6. The van der Waals surface area contributed by atoms with Gasteiger partial charge < -0.3 is 23.8 Å². The Morgan fingerprint density at radius 2 is 1.68 bits per heavy atom. The second kappa shape index (κ2) is 18.2. The van der Waals surface area contributed by atoms with E-state index in [2.05, 4.69) is 62.8 Å². The fraction of sp³-hybridized carbons (Fsp3) is 0.600. The Morgan fingerprint density at radius 1 is 0.969 bits per heavy atom. The van der Waals surface area contributed by atoms with Crippen LogP contribution in [0.1, 0.15) is 106 Å². The number of piperazine rings is 1. The van der Waals surface area contributed by atoms with Crippen molar-refractivity contribution in [2.45, 2.75) is 147 Å². The van der Waals surface area contributed by atoms with Gasteiger partial charge in [-0.2, -0.15) is 9.97 Å². The van der Waals surface area contributed by atoms with Crippen molar-refractivity contribution >= 4 is 41.7 Å². The molecule has 4 aliphatic rings. The number of ether oxygens (including phenoxy) is 4. The number of pyridine rings is 1. The van der Waals surface area contributed by atoms with Crippen LogP contribution >= 0.6 is 0 Å². The van der Waals surface area contributed by atoms with E-state index in [1.54, 1.807) is 24.4 Å². The van der Waals surface area contributed by atoms with Gasteiger partial charge in [0.05, 0.1) is 28.6 Å². The standard InChI is InChI=1S/C50H65F3N6O5Si/c1-30(2)65(31(3)4,32(5)6)20-17-38-41(52)16-15-33-21-37(63-29-61-10)22-39(42(33)38)44-43(53)45-40(24-54-44)46(56-47(55-45)62-28-50-18-12-19-58(50)25-34(51)23-50)57-26-35-13-11-14-36(27-57)59(35)48(60)64-49(7,8)9/h15-16,21-22,24,30-32,34-36H,11-14,18-19,23,25-29H2,1-10H3/t34-,35?,36?,50+/m1/s1. The maximum Gasteiger partial charge on any atom is 0.410 e. The first-order valence-electron chi connectivity index (χ1n) is 23.4. The van der Waals surface area contributed by atoms with Gasteiger partial charge >= 0.3 is 12.1 Å². The van der Waals surface area contributed by atoms with Crippen LogP contribution in [-0.4, -0.2) is 115 Å². The Bertz CT molecular complexity index is 2470. The number of carbonyl (C=O) groups is 1. The lowest BCUT2D eigenvalue weighted by atomic mass is 9.91. The second-order valence-corrected chi connectivity index (χ2v) is 26.2. The summed E-state index contributed by atoms with van der Waals surface area (Å²) >= 11 is 0. The summed E-state index contributed by atoms with van der Waals surface area (Å²) in [5.74, 6) is 2.87. The molecule has 4 fully saturated rings. The summed E-state index contributed by atoms with van der Waals surface area (Å²) in [6.07, 6.45) is 4.80. The highest BCUT2D eigenvalue weighted by molar-refractivity contribution is 6.90. The maximum atomic E-state index is 17.9. The number of rotatable bonds is 11. The number of hydrogen-bond donors (Lipinski definition) is 0. The molecule has 0 N–H and O–H groups in total. The molecule has 4 saturated heterocycles. The number of methoxy groups -OCH3 is 1. The fourth-order valence-corrected chi connectivity index (χ4v) is 16.8. The fourth-order valence-electron chi connectivity index (χ4n) is 11.6. The van der Waals surface area contributed by atoms with Gasteiger partial charge in [0.1, 0.15) is 55.0 Å². The second-order valence-electron chi connectivity index (χ2n) is 20.6. The Balaban J connectivity index is 1.29. The van der Waals surface area contributed by atoms with Gasteiger partial charge in [-0.25, -0.2) is 18.0 Å². The number of carbonyl (C=O) groups excluding carboxylic acids is 1. The smallest absolute Gasteiger partial charge is 0.410 e. The van der Waals surface area contributed by atoms with Crippen molar-refractivity contribution in [3.8, 4) is 34.5 Å². The first-order chi connectivity index (χ1) is 30.9. The monoisotopic (exact) mass is 914 g/mol. The summed E-state index contributed by atoms with van der Waals surface area (Å²) in [6, 6.07) is 6.08. The lowest BCUT2D eigenvalue weighted by Crippen LogP contribution is -2.63. The van der Waals surface area contributed by atoms with Gasteiger partial charge in [-0.1, -0.05) is 53.5 Å². The van der Waals surface area contributed by atoms with Gasteiger partial charge in [-0.05, 0) is 99.6 Å². The summed E-state index contributed by atoms with van der Waals surface area (Å²) in [7, 11) is -0.818. The van der Waals surface area contributed by atoms with Crippen LogP contribution in [-0.2, 0) is 9.47 Å². The summed E-state index contributed by atoms with van der Waals surface area (Å²) in [6.45, 7) is 20.9. The Morgan fingerprint density at radius 3 is 2.34 bits per heavy atom. The van der Waals surface area contributed by atoms with Crippen molar-refractivity contribution in [2.75, 3.05) is 51.6 Å². The molecule has 2 aromatic carbocycles. The molecule has 2 aromatic heterocycles. The van der Waals surface area contributed by atoms with E-state index in [-0.39, 0.29) is 59.9 Å². The first kappa shape index (κ1) is 46.9. The van der Waals surface area contributed by atoms with Gasteiger partial charge in [0.25, 0.3) is 0 Å². The molecule has 8 rings (SSSR count). The first-order valence-corrected chi connectivity index (χ1v) is 25.6. The largest absolute Gasteiger partial charge is 0.468 e. The third kappa shape index (κ3) is 8.87. The van der Waals surface area contributed by atoms with Crippen LogP contribution < -0.4 is 14.4 Å². The number of amides is 1. The van der Waals surface area contributed by atoms with Crippen molar-refractivity contribution in [1.29, 1.82) is 0 Å². The quantitative estimate of drug-likeness (QED) is 0.0821. The lowest BCUT2D eigenvalue weighted by molar-refractivity contribution is -0.00977. The van der Waals surface area contributed by atoms with E-state index < -0.39 is 37.0 Å². The number of alkyl halides is 1. The van der Waals surface area contributed by atoms with Crippen molar-refractivity contribution in [2.24, 2.45) is 0 Å². The zero-order valence-electron chi connectivity index (χ0n) is 39.7. The van der Waals surface area contributed by atoms with Crippen molar-refractivity contribution in [1.82, 2.24) is 24.8 Å². The van der Waals surface area contributed by atoms with Crippen LogP contribution in [0.4, 0.5) is 23.8 Å². The number of benzene rings is 2. The van der Waals surface area contributed by atoms with Crippen molar-refractivity contribution < 1.29 is 36.9 Å². The molecule has 6 heterocycles. The Labute approximate surface area is 382 Å². The predicted octanol–water partition coefficient (Wildman–Crippen LogP) is 10.6. The summed E-state index contributed by atoms with van der Waals surface area (Å²) in [5.41, 5.74) is 3.77. The van der Waals surface area contributed by atoms with Gasteiger partial charge in [0.2, 0.25) is 0 Å². The molecule has 1 amide bonds.